The topological polar surface area (TPSA) is 43.4 Å². The molecule has 0 saturated heterocycles. The molecule has 0 spiro atoms. The summed E-state index contributed by atoms with van der Waals surface area (Å²) in [6.07, 6.45) is 4.49. The van der Waals surface area contributed by atoms with Gasteiger partial charge in [-0.1, -0.05) is 13.0 Å². The second kappa shape index (κ2) is 7.64. The SMILES string of the molecule is CCNC(Cc1ccncc1)c1c(OC)cccc1OC. The Morgan fingerprint density at radius 3 is 2.19 bits per heavy atom. The molecule has 0 aliphatic rings. The van der Waals surface area contributed by atoms with Crippen LogP contribution >= 0.6 is 0 Å². The molecule has 2 aromatic rings. The minimum absolute atomic E-state index is 0.128. The van der Waals surface area contributed by atoms with Gasteiger partial charge in [-0.3, -0.25) is 4.98 Å². The summed E-state index contributed by atoms with van der Waals surface area (Å²) in [5, 5.41) is 3.52. The van der Waals surface area contributed by atoms with E-state index in [0.29, 0.717) is 0 Å². The first-order chi connectivity index (χ1) is 10.3. The van der Waals surface area contributed by atoms with Gasteiger partial charge in [-0.2, -0.15) is 0 Å². The van der Waals surface area contributed by atoms with Crippen molar-refractivity contribution in [1.82, 2.24) is 10.3 Å². The highest BCUT2D eigenvalue weighted by molar-refractivity contribution is 5.47. The number of hydrogen-bond donors (Lipinski definition) is 1. The number of nitrogens with one attached hydrogen (secondary N) is 1. The predicted octanol–water partition coefficient (Wildman–Crippen LogP) is 2.99. The van der Waals surface area contributed by atoms with Gasteiger partial charge in [-0.25, -0.2) is 0 Å². The highest BCUT2D eigenvalue weighted by Gasteiger charge is 2.20. The van der Waals surface area contributed by atoms with E-state index >= 15 is 0 Å². The Hall–Kier alpha value is -2.07. The summed E-state index contributed by atoms with van der Waals surface area (Å²) in [6, 6.07) is 10.1. The summed E-state index contributed by atoms with van der Waals surface area (Å²) in [4.78, 5) is 4.07. The zero-order valence-corrected chi connectivity index (χ0v) is 12.8. The molecule has 4 heteroatoms. The van der Waals surface area contributed by atoms with Crippen molar-refractivity contribution >= 4 is 0 Å². The Balaban J connectivity index is 2.37. The van der Waals surface area contributed by atoms with Crippen LogP contribution in [-0.4, -0.2) is 25.7 Å². The molecule has 0 fully saturated rings. The molecule has 0 bridgehead atoms. The number of rotatable bonds is 7. The van der Waals surface area contributed by atoms with E-state index in [0.717, 1.165) is 30.0 Å². The van der Waals surface area contributed by atoms with Crippen molar-refractivity contribution in [1.29, 1.82) is 0 Å². The van der Waals surface area contributed by atoms with Gasteiger partial charge in [0.2, 0.25) is 0 Å². The first-order valence-corrected chi connectivity index (χ1v) is 7.13. The first-order valence-electron chi connectivity index (χ1n) is 7.13. The van der Waals surface area contributed by atoms with Gasteiger partial charge in [0.25, 0.3) is 0 Å². The fourth-order valence-electron chi connectivity index (χ4n) is 2.50. The van der Waals surface area contributed by atoms with Crippen LogP contribution in [0.25, 0.3) is 0 Å². The molecule has 0 aliphatic carbocycles. The lowest BCUT2D eigenvalue weighted by molar-refractivity contribution is 0.370. The molecular weight excluding hydrogens is 264 g/mol. The normalized spacial score (nSPS) is 12.0. The zero-order chi connectivity index (χ0) is 15.1. The van der Waals surface area contributed by atoms with Crippen molar-refractivity contribution in [2.75, 3.05) is 20.8 Å². The van der Waals surface area contributed by atoms with Crippen molar-refractivity contribution in [2.24, 2.45) is 0 Å². The lowest BCUT2D eigenvalue weighted by atomic mass is 9.97. The Kier molecular flexibility index (Phi) is 5.58. The van der Waals surface area contributed by atoms with Crippen molar-refractivity contribution in [2.45, 2.75) is 19.4 Å². The fraction of sp³-hybridized carbons (Fsp3) is 0.353. The Labute approximate surface area is 126 Å². The van der Waals surface area contributed by atoms with Crippen molar-refractivity contribution in [3.05, 3.63) is 53.9 Å². The Morgan fingerprint density at radius 2 is 1.67 bits per heavy atom. The second-order valence-electron chi connectivity index (χ2n) is 4.75. The lowest BCUT2D eigenvalue weighted by Gasteiger charge is -2.23. The molecule has 112 valence electrons. The number of nitrogens with zero attached hydrogens (tertiary/aromatic N) is 1. The van der Waals surface area contributed by atoms with Gasteiger partial charge < -0.3 is 14.8 Å². The van der Waals surface area contributed by atoms with E-state index in [2.05, 4.69) is 17.2 Å². The summed E-state index contributed by atoms with van der Waals surface area (Å²) in [5.41, 5.74) is 2.28. The maximum Gasteiger partial charge on any atom is 0.127 e. The minimum Gasteiger partial charge on any atom is -0.496 e. The van der Waals surface area contributed by atoms with Gasteiger partial charge in [0.15, 0.2) is 0 Å². The Bertz CT molecular complexity index is 536. The average molecular weight is 286 g/mol. The van der Waals surface area contributed by atoms with Crippen LogP contribution in [0, 0.1) is 0 Å². The number of ether oxygens (including phenoxy) is 2. The molecule has 1 atom stereocenters. The number of methoxy groups -OCH3 is 2. The van der Waals surface area contributed by atoms with E-state index in [4.69, 9.17) is 9.47 Å². The quantitative estimate of drug-likeness (QED) is 0.849. The van der Waals surface area contributed by atoms with Gasteiger partial charge in [-0.05, 0) is 42.8 Å². The fourth-order valence-corrected chi connectivity index (χ4v) is 2.50. The Morgan fingerprint density at radius 1 is 1.05 bits per heavy atom. The van der Waals surface area contributed by atoms with Crippen LogP contribution in [-0.2, 0) is 6.42 Å². The van der Waals surface area contributed by atoms with E-state index in [1.807, 2.05) is 42.7 Å². The first kappa shape index (κ1) is 15.3. The largest absolute Gasteiger partial charge is 0.496 e. The molecule has 1 aromatic heterocycles. The number of aromatic nitrogens is 1. The third kappa shape index (κ3) is 3.73. The second-order valence-corrected chi connectivity index (χ2v) is 4.75. The van der Waals surface area contributed by atoms with Crippen molar-refractivity contribution in [3.8, 4) is 11.5 Å². The third-order valence-electron chi connectivity index (χ3n) is 3.45. The number of hydrogen-bond acceptors (Lipinski definition) is 4. The monoisotopic (exact) mass is 286 g/mol. The van der Waals surface area contributed by atoms with Crippen LogP contribution in [0.4, 0.5) is 0 Å². The summed E-state index contributed by atoms with van der Waals surface area (Å²) in [7, 11) is 3.38. The molecule has 1 aromatic carbocycles. The van der Waals surface area contributed by atoms with E-state index < -0.39 is 0 Å². The van der Waals surface area contributed by atoms with Gasteiger partial charge in [0.1, 0.15) is 11.5 Å². The number of benzene rings is 1. The van der Waals surface area contributed by atoms with Crippen LogP contribution in [0.15, 0.2) is 42.7 Å². The molecule has 0 aliphatic heterocycles. The summed E-state index contributed by atoms with van der Waals surface area (Å²) in [6.45, 7) is 2.97. The molecule has 21 heavy (non-hydrogen) atoms. The molecular formula is C17H22N2O2. The van der Waals surface area contributed by atoms with Crippen LogP contribution in [0.3, 0.4) is 0 Å². The molecule has 0 saturated carbocycles. The summed E-state index contributed by atoms with van der Waals surface area (Å²) < 4.78 is 11.0. The number of pyridine rings is 1. The molecule has 2 rings (SSSR count). The van der Waals surface area contributed by atoms with Crippen molar-refractivity contribution < 1.29 is 9.47 Å². The van der Waals surface area contributed by atoms with Crippen molar-refractivity contribution in [3.63, 3.8) is 0 Å². The molecule has 1 N–H and O–H groups in total. The number of likely N-dealkylation sites (N-methyl/N-ethyl adjacent to an activating group) is 1. The van der Waals surface area contributed by atoms with Gasteiger partial charge >= 0.3 is 0 Å². The van der Waals surface area contributed by atoms with Gasteiger partial charge in [0, 0.05) is 18.4 Å². The molecule has 1 heterocycles. The average Bonchev–Trinajstić information content (AvgIpc) is 2.54. The highest BCUT2D eigenvalue weighted by atomic mass is 16.5. The van der Waals surface area contributed by atoms with E-state index in [9.17, 15) is 0 Å². The van der Waals surface area contributed by atoms with Crippen LogP contribution in [0.2, 0.25) is 0 Å². The van der Waals surface area contributed by atoms with Crippen LogP contribution in [0.1, 0.15) is 24.1 Å². The highest BCUT2D eigenvalue weighted by Crippen LogP contribution is 2.35. The third-order valence-corrected chi connectivity index (χ3v) is 3.45. The zero-order valence-electron chi connectivity index (χ0n) is 12.8. The van der Waals surface area contributed by atoms with Crippen LogP contribution in [0.5, 0.6) is 11.5 Å². The smallest absolute Gasteiger partial charge is 0.127 e. The maximum absolute atomic E-state index is 5.52. The summed E-state index contributed by atoms with van der Waals surface area (Å²) in [5.74, 6) is 1.68. The maximum atomic E-state index is 5.52. The lowest BCUT2D eigenvalue weighted by Crippen LogP contribution is -2.24. The van der Waals surface area contributed by atoms with Gasteiger partial charge in [-0.15, -0.1) is 0 Å². The molecule has 4 nitrogen and oxygen atoms in total. The van der Waals surface area contributed by atoms with Gasteiger partial charge in [0.05, 0.1) is 19.8 Å². The summed E-state index contributed by atoms with van der Waals surface area (Å²) >= 11 is 0. The molecule has 0 amide bonds. The van der Waals surface area contributed by atoms with E-state index in [1.54, 1.807) is 14.2 Å². The van der Waals surface area contributed by atoms with Crippen LogP contribution < -0.4 is 14.8 Å². The van der Waals surface area contributed by atoms with E-state index in [-0.39, 0.29) is 6.04 Å². The van der Waals surface area contributed by atoms with E-state index in [1.165, 1.54) is 5.56 Å². The molecule has 1 unspecified atom stereocenters. The predicted molar refractivity (Wildman–Crippen MR) is 83.9 cm³/mol. The minimum atomic E-state index is 0.128. The standard InChI is InChI=1S/C17H22N2O2/c1-4-19-14(12-13-8-10-18-11-9-13)17-15(20-2)6-5-7-16(17)21-3/h5-11,14,19H,4,12H2,1-3H3. The molecule has 0 radical (unpaired) electrons.